The molecule has 35 heavy (non-hydrogen) atoms. The van der Waals surface area contributed by atoms with Crippen molar-refractivity contribution in [3.05, 3.63) is 25.3 Å². The summed E-state index contributed by atoms with van der Waals surface area (Å²) in [4.78, 5) is 43.1. The third-order valence-corrected chi connectivity index (χ3v) is 7.48. The van der Waals surface area contributed by atoms with E-state index < -0.39 is 21.1 Å². The number of carbonyl (C=O) groups excluding carboxylic acids is 4. The van der Waals surface area contributed by atoms with E-state index in [0.717, 1.165) is 34.6 Å². The first-order chi connectivity index (χ1) is 16.8. The fourth-order valence-corrected chi connectivity index (χ4v) is 4.78. The number of hydrogen-bond donors (Lipinski definition) is 2. The average Bonchev–Trinajstić information content (AvgIpc) is 2.86. The molecule has 0 fully saturated rings. The van der Waals surface area contributed by atoms with Gasteiger partial charge in [0.25, 0.3) is 0 Å². The normalized spacial score (nSPS) is 9.26. The van der Waals surface area contributed by atoms with Crippen molar-refractivity contribution in [2.24, 2.45) is 0 Å². The van der Waals surface area contributed by atoms with E-state index >= 15 is 0 Å². The summed E-state index contributed by atoms with van der Waals surface area (Å²) in [5.41, 5.74) is 0. The molecule has 0 heterocycles. The van der Waals surface area contributed by atoms with Gasteiger partial charge in [0.15, 0.2) is 0 Å². The summed E-state index contributed by atoms with van der Waals surface area (Å²) in [6, 6.07) is 0. The zero-order valence-electron chi connectivity index (χ0n) is 21.1. The minimum absolute atomic E-state index is 0.0835. The van der Waals surface area contributed by atoms with Gasteiger partial charge in [-0.25, -0.2) is 0 Å². The van der Waals surface area contributed by atoms with E-state index in [1.54, 1.807) is 0 Å². The molecule has 0 aromatic rings. The fraction of sp³-hybridized carbons (Fsp3) is 0.667. The molecule has 0 aromatic carbocycles. The van der Waals surface area contributed by atoms with Crippen LogP contribution in [0.1, 0.15) is 52.4 Å². The Morgan fingerprint density at radius 3 is 1.34 bits per heavy atom. The van der Waals surface area contributed by atoms with Crippen LogP contribution in [-0.4, -0.2) is 83.0 Å². The zero-order chi connectivity index (χ0) is 27.2. The first kappa shape index (κ1) is 38.4. The Morgan fingerprint density at radius 2 is 1.06 bits per heavy atom. The molecule has 11 heteroatoms. The van der Waals surface area contributed by atoms with Crippen molar-refractivity contribution in [3.63, 3.8) is 0 Å². The van der Waals surface area contributed by atoms with Crippen molar-refractivity contribution in [1.29, 1.82) is 0 Å². The van der Waals surface area contributed by atoms with Gasteiger partial charge in [0.2, 0.25) is 0 Å². The van der Waals surface area contributed by atoms with Gasteiger partial charge in [0.1, 0.15) is 13.2 Å². The number of hydrogen-bond acceptors (Lipinski definition) is 10. The molecule has 0 unspecified atom stereocenters. The summed E-state index contributed by atoms with van der Waals surface area (Å²) in [6.45, 7) is 12.5. The molecule has 0 aromatic heterocycles. The Morgan fingerprint density at radius 1 is 0.686 bits per heavy atom. The summed E-state index contributed by atoms with van der Waals surface area (Å²) in [5.74, 6) is -0.525. The van der Waals surface area contributed by atoms with Crippen molar-refractivity contribution in [2.45, 2.75) is 61.2 Å². The van der Waals surface area contributed by atoms with Crippen LogP contribution < -0.4 is 0 Å². The monoisotopic (exact) mass is 642 g/mol. The molecule has 0 aliphatic carbocycles. The quantitative estimate of drug-likeness (QED) is 0.0571. The summed E-state index contributed by atoms with van der Waals surface area (Å²) >= 11 is 6.76. The van der Waals surface area contributed by atoms with Crippen LogP contribution in [0.2, 0.25) is 8.87 Å². The van der Waals surface area contributed by atoms with Crippen LogP contribution in [0.3, 0.4) is 0 Å². The predicted octanol–water partition coefficient (Wildman–Crippen LogP) is 4.28. The standard InChI is InChI=1S/2C7H13O2.2C5H8O2S.Sn/c2*1-3-5-6-9-7(8)4-2;2*1-2-3-7-5(6)4-8;/h2*2-6H2,1H3;2*2,8H,1,3-4H2;. The molecule has 202 valence electrons. The van der Waals surface area contributed by atoms with Gasteiger partial charge in [-0.3, -0.25) is 9.59 Å². The molecule has 0 aliphatic heterocycles. The molecule has 0 N–H and O–H groups in total. The van der Waals surface area contributed by atoms with Crippen LogP contribution >= 0.6 is 25.3 Å². The van der Waals surface area contributed by atoms with Crippen LogP contribution in [0.25, 0.3) is 0 Å². The molecule has 2 radical (unpaired) electrons. The van der Waals surface area contributed by atoms with E-state index in [-0.39, 0.29) is 48.6 Å². The van der Waals surface area contributed by atoms with Crippen molar-refractivity contribution >= 4 is 70.3 Å². The molecule has 0 saturated carbocycles. The van der Waals surface area contributed by atoms with E-state index in [4.69, 9.17) is 9.47 Å². The van der Waals surface area contributed by atoms with Crippen LogP contribution in [0, 0.1) is 0 Å². The molecule has 0 saturated heterocycles. The van der Waals surface area contributed by atoms with Crippen molar-refractivity contribution in [3.8, 4) is 0 Å². The molecule has 0 bridgehead atoms. The van der Waals surface area contributed by atoms with Crippen LogP contribution in [0.4, 0.5) is 0 Å². The summed E-state index contributed by atoms with van der Waals surface area (Å²) < 4.78 is 21.1. The Labute approximate surface area is 232 Å². The molecule has 0 amide bonds. The maximum absolute atomic E-state index is 11.3. The SMILES string of the molecule is C=CCOC(=O)CS.C=CCOC(=O)CS.CCCCOC(=O)C[CH2][Sn][CH2]CC(=O)OCCCC. The van der Waals surface area contributed by atoms with E-state index in [0.29, 0.717) is 26.1 Å². The summed E-state index contributed by atoms with van der Waals surface area (Å²) in [6.07, 6.45) is 8.06. The van der Waals surface area contributed by atoms with Crippen molar-refractivity contribution in [2.75, 3.05) is 37.9 Å². The van der Waals surface area contributed by atoms with E-state index in [1.807, 2.05) is 0 Å². The predicted molar refractivity (Wildman–Crippen MR) is 146 cm³/mol. The van der Waals surface area contributed by atoms with Crippen LogP contribution in [0.5, 0.6) is 0 Å². The average molecular weight is 641 g/mol. The van der Waals surface area contributed by atoms with Gasteiger partial charge in [-0.1, -0.05) is 25.3 Å². The fourth-order valence-electron chi connectivity index (χ4n) is 1.71. The number of rotatable bonds is 18. The second kappa shape index (κ2) is 32.9. The molecule has 0 rings (SSSR count). The van der Waals surface area contributed by atoms with Gasteiger partial charge in [-0.05, 0) is 0 Å². The number of carbonyl (C=O) groups is 4. The van der Waals surface area contributed by atoms with Gasteiger partial charge >= 0.3 is 139 Å². The first-order valence-electron chi connectivity index (χ1n) is 11.6. The number of unbranched alkanes of at least 4 members (excludes halogenated alkanes) is 2. The second-order valence-electron chi connectivity index (χ2n) is 6.66. The third-order valence-electron chi connectivity index (χ3n) is 3.52. The summed E-state index contributed by atoms with van der Waals surface area (Å²) in [7, 11) is 0. The van der Waals surface area contributed by atoms with Crippen molar-refractivity contribution in [1.82, 2.24) is 0 Å². The van der Waals surface area contributed by atoms with Crippen molar-refractivity contribution < 1.29 is 38.1 Å². The number of esters is 4. The number of thiol groups is 2. The molecule has 0 atom stereocenters. The molecular formula is C24H42O8S2Sn. The maximum atomic E-state index is 11.3. The molecular weight excluding hydrogens is 599 g/mol. The van der Waals surface area contributed by atoms with Gasteiger partial charge in [-0.15, -0.1) is 0 Å². The summed E-state index contributed by atoms with van der Waals surface area (Å²) in [5, 5.41) is 0. The van der Waals surface area contributed by atoms with E-state index in [1.165, 1.54) is 12.2 Å². The third kappa shape index (κ3) is 37.6. The van der Waals surface area contributed by atoms with Gasteiger partial charge in [-0.2, -0.15) is 25.3 Å². The second-order valence-corrected chi connectivity index (χ2v) is 11.6. The first-order valence-corrected chi connectivity index (χ1v) is 16.9. The van der Waals surface area contributed by atoms with E-state index in [2.05, 4.69) is 61.7 Å². The number of ether oxygens (including phenoxy) is 4. The topological polar surface area (TPSA) is 105 Å². The van der Waals surface area contributed by atoms with Gasteiger partial charge in [0.05, 0.1) is 11.5 Å². The Hall–Kier alpha value is -1.14. The molecule has 8 nitrogen and oxygen atoms in total. The van der Waals surface area contributed by atoms with Gasteiger partial charge < -0.3 is 9.47 Å². The van der Waals surface area contributed by atoms with Gasteiger partial charge in [0, 0.05) is 0 Å². The van der Waals surface area contributed by atoms with E-state index in [9.17, 15) is 19.2 Å². The Balaban J connectivity index is -0.000000526. The minimum atomic E-state index is -0.602. The Bertz CT molecular complexity index is 526. The molecule has 0 spiro atoms. The Kier molecular flexibility index (Phi) is 36.0. The van der Waals surface area contributed by atoms with Crippen LogP contribution in [-0.2, 0) is 38.1 Å². The zero-order valence-corrected chi connectivity index (χ0v) is 25.8. The van der Waals surface area contributed by atoms with Crippen LogP contribution in [0.15, 0.2) is 25.3 Å². The molecule has 0 aliphatic rings.